The third-order valence-corrected chi connectivity index (χ3v) is 5.43. The number of amides is 1. The van der Waals surface area contributed by atoms with Crippen molar-refractivity contribution in [3.8, 4) is 0 Å². The summed E-state index contributed by atoms with van der Waals surface area (Å²) in [6.07, 6.45) is 0.0801. The number of aliphatic carboxylic acids is 3. The highest BCUT2D eigenvalue weighted by Crippen LogP contribution is 2.39. The Bertz CT molecular complexity index is 693. The molecule has 0 saturated heterocycles. The van der Waals surface area contributed by atoms with E-state index in [9.17, 15) is 29.4 Å². The third kappa shape index (κ3) is 9.06. The van der Waals surface area contributed by atoms with Gasteiger partial charge in [-0.15, -0.1) is 0 Å². The zero-order chi connectivity index (χ0) is 25.2. The van der Waals surface area contributed by atoms with Crippen molar-refractivity contribution in [2.75, 3.05) is 0 Å². The second-order valence-corrected chi connectivity index (χ2v) is 7.72. The number of aliphatic hydroxyl groups excluding tert-OH is 1. The first-order chi connectivity index (χ1) is 14.8. The molecule has 1 rings (SSSR count). The predicted molar refractivity (Wildman–Crippen MR) is 114 cm³/mol. The van der Waals surface area contributed by atoms with Crippen LogP contribution in [-0.2, 0) is 19.2 Å². The van der Waals surface area contributed by atoms with Crippen LogP contribution >= 0.6 is 0 Å². The molecule has 0 aromatic rings. The molecule has 13 nitrogen and oxygen atoms in total. The lowest BCUT2D eigenvalue weighted by atomic mass is 9.80. The Morgan fingerprint density at radius 3 is 1.94 bits per heavy atom. The average molecular weight is 462 g/mol. The fourth-order valence-electron chi connectivity index (χ4n) is 3.92. The smallest absolute Gasteiger partial charge is 0.321 e. The average Bonchev–Trinajstić information content (AvgIpc) is 2.96. The molecule has 6 atom stereocenters. The van der Waals surface area contributed by atoms with Gasteiger partial charge in [0.15, 0.2) is 5.96 Å². The maximum Gasteiger partial charge on any atom is 0.321 e. The number of aliphatic hydroxyl groups is 1. The molecule has 0 radical (unpaired) electrons. The Hall–Kier alpha value is -2.93. The highest BCUT2D eigenvalue weighted by atomic mass is 16.4. The van der Waals surface area contributed by atoms with Crippen LogP contribution in [-0.4, -0.2) is 74.4 Å². The van der Waals surface area contributed by atoms with E-state index in [1.54, 1.807) is 0 Å². The summed E-state index contributed by atoms with van der Waals surface area (Å²) in [7, 11) is 0. The number of carbonyl (C=O) groups is 4. The van der Waals surface area contributed by atoms with Crippen LogP contribution in [0.25, 0.3) is 0 Å². The largest absolute Gasteiger partial charge is 0.481 e. The molecule has 1 aliphatic rings. The van der Waals surface area contributed by atoms with Crippen LogP contribution in [0.1, 0.15) is 46.5 Å². The van der Waals surface area contributed by atoms with Crippen LogP contribution in [0.3, 0.4) is 0 Å². The number of hydrogen-bond acceptors (Lipinski definition) is 7. The maximum absolute atomic E-state index is 11.6. The first-order valence-corrected chi connectivity index (χ1v) is 10.2. The summed E-state index contributed by atoms with van der Waals surface area (Å²) in [5.74, 6) is -5.33. The van der Waals surface area contributed by atoms with E-state index in [1.807, 2.05) is 13.8 Å². The van der Waals surface area contributed by atoms with E-state index in [4.69, 9.17) is 27.4 Å². The van der Waals surface area contributed by atoms with Crippen molar-refractivity contribution < 1.29 is 39.6 Å². The Morgan fingerprint density at radius 2 is 1.62 bits per heavy atom. The molecule has 1 fully saturated rings. The van der Waals surface area contributed by atoms with Gasteiger partial charge in [-0.1, -0.05) is 26.7 Å². The molecule has 0 heterocycles. The van der Waals surface area contributed by atoms with Crippen LogP contribution in [0.4, 0.5) is 0 Å². The fraction of sp³-hybridized carbons (Fsp3) is 0.737. The number of carboxylic acid groups (broad SMARTS) is 3. The Kier molecular flexibility index (Phi) is 12.2. The minimum Gasteiger partial charge on any atom is -0.481 e. The lowest BCUT2D eigenvalue weighted by molar-refractivity contribution is -0.145. The molecule has 0 aromatic carbocycles. The fourth-order valence-corrected chi connectivity index (χ4v) is 3.92. The molecular weight excluding hydrogens is 426 g/mol. The van der Waals surface area contributed by atoms with Crippen LogP contribution in [0.5, 0.6) is 0 Å². The number of nitrogens with zero attached hydrogens (tertiary/aromatic N) is 1. The monoisotopic (exact) mass is 461 g/mol. The van der Waals surface area contributed by atoms with Gasteiger partial charge >= 0.3 is 17.9 Å². The van der Waals surface area contributed by atoms with Gasteiger partial charge in [0.25, 0.3) is 0 Å². The first-order valence-electron chi connectivity index (χ1n) is 10.2. The topological polar surface area (TPSA) is 252 Å². The van der Waals surface area contributed by atoms with Gasteiger partial charge in [-0.3, -0.25) is 19.2 Å². The SMILES string of the molecule is CCC(CC)[C@H](NC(C)=O)[C@@H]1[C@H](O)[C@@H](C(=O)O)C[C@H]1N=C(N)N.NC(CC(=O)O)C(=O)O. The number of carbonyl (C=O) groups excluding carboxylic acids is 1. The molecule has 1 unspecified atom stereocenters. The molecule has 13 heteroatoms. The van der Waals surface area contributed by atoms with Crippen molar-refractivity contribution in [1.29, 1.82) is 0 Å². The summed E-state index contributed by atoms with van der Waals surface area (Å²) in [5.41, 5.74) is 15.7. The molecule has 0 aromatic heterocycles. The summed E-state index contributed by atoms with van der Waals surface area (Å²) < 4.78 is 0. The Labute approximate surface area is 186 Å². The Balaban J connectivity index is 0.000000900. The molecule has 184 valence electrons. The molecule has 32 heavy (non-hydrogen) atoms. The van der Waals surface area contributed by atoms with Gasteiger partial charge in [0.2, 0.25) is 5.91 Å². The van der Waals surface area contributed by atoms with Gasteiger partial charge in [-0.05, 0) is 12.3 Å². The van der Waals surface area contributed by atoms with E-state index in [1.165, 1.54) is 6.92 Å². The van der Waals surface area contributed by atoms with Crippen molar-refractivity contribution in [3.05, 3.63) is 0 Å². The number of carboxylic acids is 3. The minimum absolute atomic E-state index is 0.0998. The highest BCUT2D eigenvalue weighted by molar-refractivity contribution is 5.80. The van der Waals surface area contributed by atoms with Gasteiger partial charge in [-0.2, -0.15) is 0 Å². The van der Waals surface area contributed by atoms with Gasteiger partial charge in [0, 0.05) is 18.9 Å². The second-order valence-electron chi connectivity index (χ2n) is 7.72. The lowest BCUT2D eigenvalue weighted by Gasteiger charge is -2.35. The molecule has 11 N–H and O–H groups in total. The van der Waals surface area contributed by atoms with Crippen LogP contribution in [0, 0.1) is 17.8 Å². The van der Waals surface area contributed by atoms with Crippen LogP contribution in [0.2, 0.25) is 0 Å². The zero-order valence-electron chi connectivity index (χ0n) is 18.5. The van der Waals surface area contributed by atoms with E-state index in [0.29, 0.717) is 0 Å². The van der Waals surface area contributed by atoms with E-state index >= 15 is 0 Å². The van der Waals surface area contributed by atoms with Gasteiger partial charge in [-0.25, -0.2) is 4.99 Å². The van der Waals surface area contributed by atoms with Crippen molar-refractivity contribution in [1.82, 2.24) is 5.32 Å². The summed E-state index contributed by atoms with van der Waals surface area (Å²) in [6, 6.07) is -2.20. The summed E-state index contributed by atoms with van der Waals surface area (Å²) in [5, 5.41) is 38.8. The zero-order valence-corrected chi connectivity index (χ0v) is 18.5. The summed E-state index contributed by atoms with van der Waals surface area (Å²) in [6.45, 7) is 5.39. The quantitative estimate of drug-likeness (QED) is 0.137. The minimum atomic E-state index is -1.29. The molecule has 0 bridgehead atoms. The standard InChI is InChI=1S/C15H28N4O4.C4H7NO4/c1-4-8(5-2)12(18-7(3)20)11-10(19-15(16)17)6-9(13(11)21)14(22)23;5-2(4(8)9)1-3(6)7/h8-13,21H,4-6H2,1-3H3,(H,18,20)(H,22,23)(H4,16,17,19);2H,1,5H2,(H,6,7)(H,8,9)/t9-,10+,11+,12-,13+;/m0./s1. The van der Waals surface area contributed by atoms with E-state index in [0.717, 1.165) is 12.8 Å². The van der Waals surface area contributed by atoms with E-state index in [2.05, 4.69) is 10.3 Å². The normalized spacial score (nSPS) is 23.9. The van der Waals surface area contributed by atoms with Crippen LogP contribution < -0.4 is 22.5 Å². The summed E-state index contributed by atoms with van der Waals surface area (Å²) in [4.78, 5) is 46.7. The number of aliphatic imine (C=N–C) groups is 1. The number of rotatable bonds is 10. The van der Waals surface area contributed by atoms with Crippen molar-refractivity contribution in [2.45, 2.75) is 70.7 Å². The molecule has 1 saturated carbocycles. The van der Waals surface area contributed by atoms with Crippen molar-refractivity contribution >= 4 is 29.8 Å². The van der Waals surface area contributed by atoms with Gasteiger partial charge in [0.05, 0.1) is 24.5 Å². The molecule has 0 spiro atoms. The van der Waals surface area contributed by atoms with Crippen molar-refractivity contribution in [2.24, 2.45) is 39.9 Å². The van der Waals surface area contributed by atoms with E-state index in [-0.39, 0.29) is 30.2 Å². The molecule has 0 aliphatic heterocycles. The molecular formula is C19H35N5O8. The highest BCUT2D eigenvalue weighted by Gasteiger charge is 2.50. The first kappa shape index (κ1) is 29.1. The maximum atomic E-state index is 11.6. The second kappa shape index (κ2) is 13.5. The van der Waals surface area contributed by atoms with Gasteiger partial charge in [0.1, 0.15) is 6.04 Å². The predicted octanol–water partition coefficient (Wildman–Crippen LogP) is -1.48. The third-order valence-electron chi connectivity index (χ3n) is 5.43. The number of guanidine groups is 1. The van der Waals surface area contributed by atoms with Crippen molar-refractivity contribution in [3.63, 3.8) is 0 Å². The van der Waals surface area contributed by atoms with Crippen LogP contribution in [0.15, 0.2) is 4.99 Å². The number of nitrogens with one attached hydrogen (secondary N) is 1. The molecule has 1 amide bonds. The Morgan fingerprint density at radius 1 is 1.09 bits per heavy atom. The van der Waals surface area contributed by atoms with E-state index < -0.39 is 54.4 Å². The van der Waals surface area contributed by atoms with Gasteiger partial charge < -0.3 is 42.9 Å². The molecule has 1 aliphatic carbocycles. The number of nitrogens with two attached hydrogens (primary N) is 3. The lowest BCUT2D eigenvalue weighted by Crippen LogP contribution is -2.51. The summed E-state index contributed by atoms with van der Waals surface area (Å²) >= 11 is 0. The number of hydrogen-bond donors (Lipinski definition) is 8.